The second-order valence-corrected chi connectivity index (χ2v) is 3.05. The lowest BCUT2D eigenvalue weighted by molar-refractivity contribution is 0.178. The van der Waals surface area contributed by atoms with Gasteiger partial charge in [-0.25, -0.2) is 15.8 Å². The molecule has 0 aliphatic rings. The summed E-state index contributed by atoms with van der Waals surface area (Å²) in [4.78, 5) is 8.37. The summed E-state index contributed by atoms with van der Waals surface area (Å²) >= 11 is 0. The van der Waals surface area contributed by atoms with Gasteiger partial charge >= 0.3 is 0 Å². The van der Waals surface area contributed by atoms with Crippen molar-refractivity contribution >= 4 is 11.6 Å². The van der Waals surface area contributed by atoms with Gasteiger partial charge in [0.2, 0.25) is 0 Å². The average Bonchev–Trinajstić information content (AvgIpc) is 2.29. The van der Waals surface area contributed by atoms with E-state index in [4.69, 9.17) is 15.3 Å². The van der Waals surface area contributed by atoms with Gasteiger partial charge in [-0.05, 0) is 0 Å². The Hall–Kier alpha value is -1.44. The molecule has 0 fully saturated rings. The zero-order valence-corrected chi connectivity index (χ0v) is 9.49. The minimum atomic E-state index is 0.342. The SMILES string of the molecule is COCCNc1cc(NN)nc(COC)n1. The third-order valence-corrected chi connectivity index (χ3v) is 1.81. The highest BCUT2D eigenvalue weighted by atomic mass is 16.5. The van der Waals surface area contributed by atoms with Crippen molar-refractivity contribution < 1.29 is 9.47 Å². The van der Waals surface area contributed by atoms with Gasteiger partial charge in [0.1, 0.15) is 18.2 Å². The summed E-state index contributed by atoms with van der Waals surface area (Å²) in [5.74, 6) is 7.10. The van der Waals surface area contributed by atoms with Gasteiger partial charge < -0.3 is 20.2 Å². The predicted molar refractivity (Wildman–Crippen MR) is 60.9 cm³/mol. The topological polar surface area (TPSA) is 94.3 Å². The molecule has 0 saturated carbocycles. The molecule has 1 heterocycles. The van der Waals surface area contributed by atoms with Crippen LogP contribution >= 0.6 is 0 Å². The summed E-state index contributed by atoms with van der Waals surface area (Å²) in [6.07, 6.45) is 0. The van der Waals surface area contributed by atoms with Gasteiger partial charge in [0.05, 0.1) is 6.61 Å². The highest BCUT2D eigenvalue weighted by Gasteiger charge is 2.03. The van der Waals surface area contributed by atoms with Crippen molar-refractivity contribution in [3.63, 3.8) is 0 Å². The highest BCUT2D eigenvalue weighted by molar-refractivity contribution is 5.46. The molecule has 16 heavy (non-hydrogen) atoms. The molecule has 7 nitrogen and oxygen atoms in total. The number of rotatable bonds is 7. The third-order valence-electron chi connectivity index (χ3n) is 1.81. The fourth-order valence-electron chi connectivity index (χ4n) is 1.14. The quantitative estimate of drug-likeness (QED) is 0.342. The van der Waals surface area contributed by atoms with E-state index in [2.05, 4.69) is 20.7 Å². The van der Waals surface area contributed by atoms with Gasteiger partial charge in [-0.2, -0.15) is 0 Å². The molecule has 4 N–H and O–H groups in total. The molecule has 90 valence electrons. The Morgan fingerprint density at radius 3 is 2.62 bits per heavy atom. The summed E-state index contributed by atoms with van der Waals surface area (Å²) in [7, 11) is 3.23. The molecular formula is C9H17N5O2. The highest BCUT2D eigenvalue weighted by Crippen LogP contribution is 2.10. The molecule has 0 aliphatic heterocycles. The van der Waals surface area contributed by atoms with Gasteiger partial charge in [0, 0.05) is 26.8 Å². The maximum atomic E-state index is 5.31. The number of hydrogen-bond donors (Lipinski definition) is 3. The van der Waals surface area contributed by atoms with Crippen molar-refractivity contribution in [3.8, 4) is 0 Å². The van der Waals surface area contributed by atoms with Crippen LogP contribution in [0.1, 0.15) is 5.82 Å². The van der Waals surface area contributed by atoms with Crippen molar-refractivity contribution in [3.05, 3.63) is 11.9 Å². The Kier molecular flexibility index (Phi) is 5.48. The second-order valence-electron chi connectivity index (χ2n) is 3.05. The van der Waals surface area contributed by atoms with Gasteiger partial charge in [0.15, 0.2) is 5.82 Å². The third kappa shape index (κ3) is 3.97. The number of nitrogen functional groups attached to an aromatic ring is 1. The van der Waals surface area contributed by atoms with E-state index in [1.54, 1.807) is 20.3 Å². The molecule has 7 heteroatoms. The van der Waals surface area contributed by atoms with Gasteiger partial charge in [-0.1, -0.05) is 0 Å². The predicted octanol–water partition coefficient (Wildman–Crippen LogP) is -0.0331. The molecule has 0 bridgehead atoms. The normalized spacial score (nSPS) is 10.2. The smallest absolute Gasteiger partial charge is 0.158 e. The molecule has 0 atom stereocenters. The lowest BCUT2D eigenvalue weighted by Crippen LogP contribution is -2.14. The molecule has 0 saturated heterocycles. The van der Waals surface area contributed by atoms with Crippen molar-refractivity contribution in [2.45, 2.75) is 6.61 Å². The van der Waals surface area contributed by atoms with Crippen LogP contribution in [-0.4, -0.2) is 37.3 Å². The summed E-state index contributed by atoms with van der Waals surface area (Å²) in [6.45, 7) is 1.62. The van der Waals surface area contributed by atoms with Crippen LogP contribution in [0.3, 0.4) is 0 Å². The molecular weight excluding hydrogens is 210 g/mol. The van der Waals surface area contributed by atoms with E-state index >= 15 is 0 Å². The number of hydrazine groups is 1. The van der Waals surface area contributed by atoms with Crippen molar-refractivity contribution in [1.29, 1.82) is 0 Å². The first kappa shape index (κ1) is 12.6. The van der Waals surface area contributed by atoms with E-state index in [9.17, 15) is 0 Å². The number of ether oxygens (including phenoxy) is 2. The molecule has 0 amide bonds. The summed E-state index contributed by atoms with van der Waals surface area (Å²) in [5, 5.41) is 3.09. The number of nitrogens with zero attached hydrogens (tertiary/aromatic N) is 2. The standard InChI is InChI=1S/C9H17N5O2/c1-15-4-3-11-7-5-8(14-10)13-9(12-7)6-16-2/h5H,3-4,6,10H2,1-2H3,(H2,11,12,13,14). The largest absolute Gasteiger partial charge is 0.383 e. The number of nitrogens with one attached hydrogen (secondary N) is 2. The van der Waals surface area contributed by atoms with Crippen LogP contribution in [-0.2, 0) is 16.1 Å². The van der Waals surface area contributed by atoms with Crippen molar-refractivity contribution in [1.82, 2.24) is 9.97 Å². The Morgan fingerprint density at radius 1 is 1.25 bits per heavy atom. The number of methoxy groups -OCH3 is 2. The van der Waals surface area contributed by atoms with Crippen LogP contribution in [0.25, 0.3) is 0 Å². The van der Waals surface area contributed by atoms with Crippen LogP contribution in [0.15, 0.2) is 6.07 Å². The molecule has 0 aliphatic carbocycles. The van der Waals surface area contributed by atoms with Crippen LogP contribution < -0.4 is 16.6 Å². The molecule has 1 aromatic rings. The Labute approximate surface area is 94.3 Å². The van der Waals surface area contributed by atoms with E-state index in [1.165, 1.54) is 0 Å². The van der Waals surface area contributed by atoms with E-state index in [1.807, 2.05) is 0 Å². The Bertz CT molecular complexity index is 321. The van der Waals surface area contributed by atoms with Crippen LogP contribution in [0.4, 0.5) is 11.6 Å². The summed E-state index contributed by atoms with van der Waals surface area (Å²) < 4.78 is 9.89. The molecule has 0 radical (unpaired) electrons. The van der Waals surface area contributed by atoms with Gasteiger partial charge in [-0.3, -0.25) is 0 Å². The first-order chi connectivity index (χ1) is 7.80. The zero-order valence-electron chi connectivity index (χ0n) is 9.49. The van der Waals surface area contributed by atoms with Crippen LogP contribution in [0, 0.1) is 0 Å². The number of anilines is 2. The number of hydrogen-bond acceptors (Lipinski definition) is 7. The van der Waals surface area contributed by atoms with Gasteiger partial charge in [0.25, 0.3) is 0 Å². The molecule has 0 spiro atoms. The van der Waals surface area contributed by atoms with Crippen LogP contribution in [0.2, 0.25) is 0 Å². The lowest BCUT2D eigenvalue weighted by Gasteiger charge is -2.08. The zero-order chi connectivity index (χ0) is 11.8. The van der Waals surface area contributed by atoms with E-state index in [0.717, 1.165) is 0 Å². The molecule has 0 unspecified atom stereocenters. The Balaban J connectivity index is 2.69. The monoisotopic (exact) mass is 227 g/mol. The Morgan fingerprint density at radius 2 is 2.00 bits per heavy atom. The molecule has 1 rings (SSSR count). The molecule has 1 aromatic heterocycles. The fourth-order valence-corrected chi connectivity index (χ4v) is 1.14. The van der Waals surface area contributed by atoms with Crippen molar-refractivity contribution in [2.24, 2.45) is 5.84 Å². The van der Waals surface area contributed by atoms with E-state index < -0.39 is 0 Å². The van der Waals surface area contributed by atoms with Crippen molar-refractivity contribution in [2.75, 3.05) is 38.1 Å². The lowest BCUT2D eigenvalue weighted by atomic mass is 10.4. The first-order valence-corrected chi connectivity index (χ1v) is 4.86. The van der Waals surface area contributed by atoms with Crippen LogP contribution in [0.5, 0.6) is 0 Å². The minimum absolute atomic E-state index is 0.342. The number of nitrogens with two attached hydrogens (primary N) is 1. The van der Waals surface area contributed by atoms with Gasteiger partial charge in [-0.15, -0.1) is 0 Å². The minimum Gasteiger partial charge on any atom is -0.383 e. The maximum absolute atomic E-state index is 5.31. The van der Waals surface area contributed by atoms with E-state index in [0.29, 0.717) is 37.2 Å². The van der Waals surface area contributed by atoms with E-state index in [-0.39, 0.29) is 0 Å². The summed E-state index contributed by atoms with van der Waals surface area (Å²) in [5.41, 5.74) is 2.48. The second kappa shape index (κ2) is 6.94. The summed E-state index contributed by atoms with van der Waals surface area (Å²) in [6, 6.07) is 1.72. The fraction of sp³-hybridized carbons (Fsp3) is 0.556. The number of aromatic nitrogens is 2. The maximum Gasteiger partial charge on any atom is 0.158 e. The molecule has 0 aromatic carbocycles. The first-order valence-electron chi connectivity index (χ1n) is 4.86. The average molecular weight is 227 g/mol.